The molecule has 0 radical (unpaired) electrons. The van der Waals surface area contributed by atoms with E-state index >= 15 is 0 Å². The molecule has 0 aliphatic carbocycles. The number of nitrogens with zero attached hydrogens (tertiary/aromatic N) is 3. The van der Waals surface area contributed by atoms with Gasteiger partial charge in [0.2, 0.25) is 5.75 Å². The fourth-order valence-corrected chi connectivity index (χ4v) is 1.00. The summed E-state index contributed by atoms with van der Waals surface area (Å²) in [6.45, 7) is 0. The third-order valence-corrected chi connectivity index (χ3v) is 1.57. The van der Waals surface area contributed by atoms with Gasteiger partial charge >= 0.3 is 12.2 Å². The van der Waals surface area contributed by atoms with E-state index in [9.17, 15) is 23.3 Å². The van der Waals surface area contributed by atoms with E-state index in [0.29, 0.717) is 0 Å². The van der Waals surface area contributed by atoms with Crippen LogP contribution in [0.15, 0.2) is 12.3 Å². The molecule has 0 saturated carbocycles. The smallest absolute Gasteiger partial charge is 0.397 e. The fraction of sp³-hybridized carbons (Fsp3) is 0.250. The van der Waals surface area contributed by atoms with Crippen molar-refractivity contribution in [1.29, 1.82) is 5.26 Å². The van der Waals surface area contributed by atoms with Gasteiger partial charge in [0.25, 0.3) is 0 Å². The van der Waals surface area contributed by atoms with Crippen LogP contribution in [0.3, 0.4) is 0 Å². The van der Waals surface area contributed by atoms with Crippen LogP contribution < -0.4 is 4.74 Å². The maximum absolute atomic E-state index is 12.0. The molecule has 1 aromatic rings. The van der Waals surface area contributed by atoms with Gasteiger partial charge in [-0.25, -0.2) is 0 Å². The lowest BCUT2D eigenvalue weighted by atomic mass is 10.2. The maximum atomic E-state index is 12.0. The van der Waals surface area contributed by atoms with E-state index in [1.807, 2.05) is 0 Å². The van der Waals surface area contributed by atoms with Crippen LogP contribution >= 0.6 is 0 Å². The monoisotopic (exact) mass is 247 g/mol. The van der Waals surface area contributed by atoms with Crippen LogP contribution in [-0.4, -0.2) is 16.3 Å². The predicted molar refractivity (Wildman–Crippen MR) is 46.9 cm³/mol. The lowest BCUT2D eigenvalue weighted by molar-refractivity contribution is -0.393. The van der Waals surface area contributed by atoms with Crippen LogP contribution in [0.25, 0.3) is 0 Å². The highest BCUT2D eigenvalue weighted by atomic mass is 19.4. The first-order valence-corrected chi connectivity index (χ1v) is 4.09. The number of rotatable bonds is 3. The molecule has 1 rings (SSSR count). The van der Waals surface area contributed by atoms with Crippen molar-refractivity contribution in [3.8, 4) is 11.8 Å². The highest BCUT2D eigenvalue weighted by Crippen LogP contribution is 2.30. The Bertz CT molecular complexity index is 481. The summed E-state index contributed by atoms with van der Waals surface area (Å²) in [5, 5.41) is 18.8. The molecule has 0 aliphatic heterocycles. The van der Waals surface area contributed by atoms with Gasteiger partial charge in [-0.1, -0.05) is 0 Å². The Morgan fingerprint density at radius 2 is 2.24 bits per heavy atom. The minimum Gasteiger partial charge on any atom is -0.397 e. The van der Waals surface area contributed by atoms with Crippen molar-refractivity contribution in [2.75, 3.05) is 0 Å². The lowest BCUT2D eigenvalue weighted by Crippen LogP contribution is -2.18. The van der Waals surface area contributed by atoms with Gasteiger partial charge in [-0.15, -0.1) is 13.2 Å². The first-order chi connectivity index (χ1) is 7.83. The molecule has 0 unspecified atom stereocenters. The molecule has 9 heteroatoms. The topological polar surface area (TPSA) is 89.0 Å². The van der Waals surface area contributed by atoms with Gasteiger partial charge in [0, 0.05) is 5.56 Å². The molecule has 1 aromatic heterocycles. The predicted octanol–water partition coefficient (Wildman–Crippen LogP) is 1.95. The fourth-order valence-electron chi connectivity index (χ4n) is 1.00. The average molecular weight is 247 g/mol. The molecule has 6 nitrogen and oxygen atoms in total. The number of halogens is 3. The summed E-state index contributed by atoms with van der Waals surface area (Å²) in [7, 11) is 0. The standard InChI is InChI=1S/C8H4F3N3O3/c9-8(10,11)17-6-3-5(1-2-12)4-13-7(6)14(15)16/h3-4H,1H2. The van der Waals surface area contributed by atoms with Gasteiger partial charge in [0.05, 0.1) is 12.5 Å². The molecule has 0 bridgehead atoms. The van der Waals surface area contributed by atoms with Crippen LogP contribution in [0.4, 0.5) is 19.0 Å². The normalized spacial score (nSPS) is 10.7. The summed E-state index contributed by atoms with van der Waals surface area (Å²) in [5.74, 6) is -2.08. The average Bonchev–Trinajstić information content (AvgIpc) is 2.15. The summed E-state index contributed by atoms with van der Waals surface area (Å²) in [6.07, 6.45) is -4.33. The zero-order valence-electron chi connectivity index (χ0n) is 8.06. The van der Waals surface area contributed by atoms with Crippen molar-refractivity contribution in [3.63, 3.8) is 0 Å². The van der Waals surface area contributed by atoms with E-state index in [4.69, 9.17) is 5.26 Å². The Morgan fingerprint density at radius 3 is 2.71 bits per heavy atom. The Morgan fingerprint density at radius 1 is 1.59 bits per heavy atom. The minimum absolute atomic E-state index is 0.0948. The molecule has 0 amide bonds. The summed E-state index contributed by atoms with van der Waals surface area (Å²) in [4.78, 5) is 12.5. The zero-order chi connectivity index (χ0) is 13.1. The molecule has 0 fully saturated rings. The molecular weight excluding hydrogens is 243 g/mol. The number of nitriles is 1. The van der Waals surface area contributed by atoms with Crippen molar-refractivity contribution in [2.24, 2.45) is 0 Å². The van der Waals surface area contributed by atoms with Gasteiger partial charge in [0.15, 0.2) is 0 Å². The van der Waals surface area contributed by atoms with Crippen molar-refractivity contribution >= 4 is 5.82 Å². The minimum atomic E-state index is -5.06. The highest BCUT2D eigenvalue weighted by molar-refractivity contribution is 5.42. The first kappa shape index (κ1) is 12.7. The Hall–Kier alpha value is -2.37. The van der Waals surface area contributed by atoms with Gasteiger partial charge < -0.3 is 14.9 Å². The molecule has 0 aliphatic rings. The van der Waals surface area contributed by atoms with Crippen LogP contribution in [0.1, 0.15) is 5.56 Å². The maximum Gasteiger partial charge on any atom is 0.573 e. The number of aromatic nitrogens is 1. The third kappa shape index (κ3) is 3.60. The van der Waals surface area contributed by atoms with E-state index in [1.54, 1.807) is 6.07 Å². The largest absolute Gasteiger partial charge is 0.573 e. The summed E-state index contributed by atoms with van der Waals surface area (Å²) in [6, 6.07) is 2.44. The lowest BCUT2D eigenvalue weighted by Gasteiger charge is -2.08. The van der Waals surface area contributed by atoms with E-state index in [-0.39, 0.29) is 12.0 Å². The van der Waals surface area contributed by atoms with Gasteiger partial charge in [-0.3, -0.25) is 0 Å². The second-order valence-corrected chi connectivity index (χ2v) is 2.81. The molecule has 1 heterocycles. The molecule has 0 saturated heterocycles. The van der Waals surface area contributed by atoms with Crippen LogP contribution in [0.2, 0.25) is 0 Å². The number of nitro groups is 1. The summed E-state index contributed by atoms with van der Waals surface area (Å²) in [5.41, 5.74) is 0.0948. The first-order valence-electron chi connectivity index (χ1n) is 4.09. The van der Waals surface area contributed by atoms with E-state index in [2.05, 4.69) is 9.72 Å². The van der Waals surface area contributed by atoms with Crippen LogP contribution in [0, 0.1) is 21.4 Å². The Kier molecular flexibility index (Phi) is 3.47. The van der Waals surface area contributed by atoms with Crippen molar-refractivity contribution < 1.29 is 22.8 Å². The van der Waals surface area contributed by atoms with Crippen LogP contribution in [0.5, 0.6) is 5.75 Å². The Labute approximate surface area is 92.4 Å². The Balaban J connectivity index is 3.17. The molecule has 0 N–H and O–H groups in total. The number of hydrogen-bond donors (Lipinski definition) is 0. The van der Waals surface area contributed by atoms with E-state index in [1.165, 1.54) is 0 Å². The SMILES string of the molecule is N#CCc1cnc([N+](=O)[O-])c(OC(F)(F)F)c1. The molecule has 0 aromatic carbocycles. The zero-order valence-corrected chi connectivity index (χ0v) is 8.06. The highest BCUT2D eigenvalue weighted by Gasteiger charge is 2.35. The molecule has 90 valence electrons. The van der Waals surface area contributed by atoms with Gasteiger partial charge in [0.1, 0.15) is 6.20 Å². The molecule has 17 heavy (non-hydrogen) atoms. The van der Waals surface area contributed by atoms with E-state index < -0.39 is 22.9 Å². The van der Waals surface area contributed by atoms with Crippen molar-refractivity contribution in [1.82, 2.24) is 4.98 Å². The van der Waals surface area contributed by atoms with Gasteiger partial charge in [-0.2, -0.15) is 5.26 Å². The number of pyridine rings is 1. The second-order valence-electron chi connectivity index (χ2n) is 2.81. The molecular formula is C8H4F3N3O3. The van der Waals surface area contributed by atoms with Crippen LogP contribution in [-0.2, 0) is 6.42 Å². The quantitative estimate of drug-likeness (QED) is 0.601. The van der Waals surface area contributed by atoms with Crippen molar-refractivity contribution in [2.45, 2.75) is 12.8 Å². The summed E-state index contributed by atoms with van der Waals surface area (Å²) >= 11 is 0. The number of hydrogen-bond acceptors (Lipinski definition) is 5. The van der Waals surface area contributed by atoms with Crippen molar-refractivity contribution in [3.05, 3.63) is 27.9 Å². The molecule has 0 atom stereocenters. The van der Waals surface area contributed by atoms with E-state index in [0.717, 1.165) is 12.3 Å². The molecule has 0 spiro atoms. The van der Waals surface area contributed by atoms with Gasteiger partial charge in [-0.05, 0) is 16.0 Å². The number of alkyl halides is 3. The number of ether oxygens (including phenoxy) is 1. The second kappa shape index (κ2) is 4.65. The summed E-state index contributed by atoms with van der Waals surface area (Å²) < 4.78 is 39.4. The third-order valence-electron chi connectivity index (χ3n) is 1.57.